The van der Waals surface area contributed by atoms with Gasteiger partial charge in [0, 0.05) is 81.9 Å². The van der Waals surface area contributed by atoms with Gasteiger partial charge >= 0.3 is 5.97 Å². The Morgan fingerprint density at radius 2 is 1.13 bits per heavy atom. The number of carboxylic acids is 1. The maximum atomic E-state index is 14.8. The number of fused-ring (bicyclic) bond motifs is 1. The molecule has 9 amide bonds. The van der Waals surface area contributed by atoms with Gasteiger partial charge in [-0.2, -0.15) is 18.6 Å². The highest BCUT2D eigenvalue weighted by Gasteiger charge is 2.40. The third-order valence-corrected chi connectivity index (χ3v) is 18.7. The SMILES string of the molecule is CCCC[C@H](NC(=O)[C@H](CCCNC(=N)N)NC(=O)[C@H](CCC(=O)O)NC(=O)c1ccc(N=Nc2ccc(N(C)C)cc2)cc1)C(=O)N[C@@H](Cc1ccccc1)C(=O)N[C@@H](CC(C)C)C(=O)N[C@@H](CO)C(=O)N[C@@H](Cc1ccccc1)C(=O)N1CCC[C@H]1C(=O)NCCNc1ccc2cccc(S(=O)(=O)O)c2c1. The van der Waals surface area contributed by atoms with Crippen molar-refractivity contribution >= 4 is 109 Å². The molecule has 108 heavy (non-hydrogen) atoms. The van der Waals surface area contributed by atoms with Gasteiger partial charge in [0.2, 0.25) is 47.3 Å². The van der Waals surface area contributed by atoms with Gasteiger partial charge in [0.1, 0.15) is 53.2 Å². The highest BCUT2D eigenvalue weighted by Crippen LogP contribution is 2.27. The summed E-state index contributed by atoms with van der Waals surface area (Å²) in [7, 11) is -0.705. The molecule has 16 N–H and O–H groups in total. The average Bonchev–Trinajstić information content (AvgIpc) is 1.24. The molecule has 0 unspecified atom stereocenters. The number of aliphatic carboxylic acids is 1. The molecular weight excluding hydrogens is 1410 g/mol. The molecule has 6 aromatic carbocycles. The first-order valence-electron chi connectivity index (χ1n) is 35.8. The van der Waals surface area contributed by atoms with Gasteiger partial charge in [0.05, 0.1) is 18.0 Å². The summed E-state index contributed by atoms with van der Waals surface area (Å²) in [6.45, 7) is 4.94. The lowest BCUT2D eigenvalue weighted by molar-refractivity contribution is -0.142. The zero-order chi connectivity index (χ0) is 78.5. The molecule has 0 saturated carbocycles. The predicted octanol–water partition coefficient (Wildman–Crippen LogP) is 4.64. The molecule has 0 bridgehead atoms. The van der Waals surface area contributed by atoms with Gasteiger partial charge in [0.15, 0.2) is 5.96 Å². The van der Waals surface area contributed by atoms with Crippen molar-refractivity contribution in [2.45, 2.75) is 151 Å². The summed E-state index contributed by atoms with van der Waals surface area (Å²) in [4.78, 5) is 145. The molecular formula is C76H98N16O15S. The summed E-state index contributed by atoms with van der Waals surface area (Å²) in [5, 5.41) is 64.9. The van der Waals surface area contributed by atoms with E-state index in [-0.39, 0.29) is 87.0 Å². The minimum absolute atomic E-state index is 0.0199. The molecule has 0 spiro atoms. The zero-order valence-electron chi connectivity index (χ0n) is 61.1. The van der Waals surface area contributed by atoms with E-state index in [9.17, 15) is 71.1 Å². The number of carbonyl (C=O) groups excluding carboxylic acids is 9. The first kappa shape index (κ1) is 83.9. The molecule has 7 rings (SSSR count). The Morgan fingerprint density at radius 3 is 1.69 bits per heavy atom. The van der Waals surface area contributed by atoms with E-state index in [0.717, 1.165) is 5.69 Å². The standard InChI is InChI=1S/C76H98N16O15S/c1-6-7-22-57(83-68(97)58(23-15-38-81-76(77)78)84-70(99)59(36-37-66(94)95)82-67(96)51-27-29-52(30-28-51)89-90-53-32-34-55(35-33-53)91(4)5)69(98)86-61(43-48-17-10-8-11-18-48)72(101)85-60(42-47(2)3)71(100)88-63(46-93)73(102)87-62(44-49-19-12-9-13-20-49)75(104)92-41-16-24-64(92)74(103)80-40-39-79-54-31-26-50-21-14-25-65(56(50)45-54)108(105,106)107/h8-14,17-21,25-35,45,47,57-64,79,93H,6-7,15-16,22-24,36-44,46H2,1-5H3,(H,80,103)(H,82,96)(H,83,97)(H,84,99)(H,85,101)(H,86,98)(H,87,102)(H,88,100)(H,94,95)(H4,77,78,81)(H,105,106,107)/t57-,58-,59-,60-,61-,62-,63-,64-/m0/s1. The molecule has 1 saturated heterocycles. The van der Waals surface area contributed by atoms with Crippen molar-refractivity contribution in [2.24, 2.45) is 21.9 Å². The number of likely N-dealkylation sites (tertiary alicyclic amines) is 1. The van der Waals surface area contributed by atoms with Crippen molar-refractivity contribution in [2.75, 3.05) is 57.1 Å². The number of carboxylic acid groups (broad SMARTS) is 1. The van der Waals surface area contributed by atoms with Crippen LogP contribution >= 0.6 is 0 Å². The maximum Gasteiger partial charge on any atom is 0.303 e. The number of hydrogen-bond donors (Lipinski definition) is 15. The third-order valence-electron chi connectivity index (χ3n) is 17.8. The number of nitrogens with one attached hydrogen (secondary N) is 11. The quantitative estimate of drug-likeness (QED) is 0.00817. The number of hydrogen-bond acceptors (Lipinski definition) is 18. The number of nitrogens with zero attached hydrogens (tertiary/aromatic N) is 4. The lowest BCUT2D eigenvalue weighted by Crippen LogP contribution is -2.61. The molecule has 32 heteroatoms. The molecule has 578 valence electrons. The number of unbranched alkanes of at least 4 members (excludes halogenated alkanes) is 1. The van der Waals surface area contributed by atoms with Gasteiger partial charge in [-0.3, -0.25) is 57.9 Å². The predicted molar refractivity (Wildman–Crippen MR) is 407 cm³/mol. The number of azo groups is 1. The number of guanidine groups is 1. The minimum Gasteiger partial charge on any atom is -0.481 e. The van der Waals surface area contributed by atoms with Crippen molar-refractivity contribution in [1.82, 2.24) is 52.8 Å². The number of aliphatic hydroxyl groups is 1. The lowest BCUT2D eigenvalue weighted by atomic mass is 10.00. The maximum absolute atomic E-state index is 14.8. The number of amides is 9. The zero-order valence-corrected chi connectivity index (χ0v) is 61.9. The fraction of sp³-hybridized carbons (Fsp3) is 0.408. The molecule has 8 atom stereocenters. The number of anilines is 2. The Kier molecular flexibility index (Phi) is 32.2. The molecule has 31 nitrogen and oxygen atoms in total. The molecule has 1 heterocycles. The van der Waals surface area contributed by atoms with Gasteiger partial charge in [-0.15, -0.1) is 0 Å². The second-order valence-electron chi connectivity index (χ2n) is 26.9. The van der Waals surface area contributed by atoms with E-state index in [0.29, 0.717) is 64.6 Å². The Balaban J connectivity index is 1.03. The number of carbonyl (C=O) groups is 10. The van der Waals surface area contributed by atoms with E-state index in [4.69, 9.17) is 11.1 Å². The molecule has 1 aliphatic heterocycles. The average molecular weight is 1510 g/mol. The number of rotatable bonds is 41. The van der Waals surface area contributed by atoms with Gasteiger partial charge in [0.25, 0.3) is 16.0 Å². The van der Waals surface area contributed by atoms with E-state index >= 15 is 0 Å². The number of nitrogens with two attached hydrogens (primary N) is 1. The second-order valence-corrected chi connectivity index (χ2v) is 28.3. The summed E-state index contributed by atoms with van der Waals surface area (Å²) in [6, 6.07) is 29.0. The molecule has 0 aliphatic carbocycles. The van der Waals surface area contributed by atoms with Crippen molar-refractivity contribution in [1.29, 1.82) is 5.41 Å². The van der Waals surface area contributed by atoms with Crippen LogP contribution in [-0.2, 0) is 66.1 Å². The largest absolute Gasteiger partial charge is 0.481 e. The highest BCUT2D eigenvalue weighted by molar-refractivity contribution is 7.86. The van der Waals surface area contributed by atoms with E-state index in [1.807, 2.05) is 38.1 Å². The van der Waals surface area contributed by atoms with Crippen molar-refractivity contribution < 1.29 is 71.1 Å². The van der Waals surface area contributed by atoms with Crippen LogP contribution in [-0.4, -0.2) is 188 Å². The van der Waals surface area contributed by atoms with Gasteiger partial charge in [-0.05, 0) is 134 Å². The van der Waals surface area contributed by atoms with Crippen LogP contribution in [0.15, 0.2) is 161 Å². The third kappa shape index (κ3) is 26.3. The van der Waals surface area contributed by atoms with Crippen LogP contribution in [0.25, 0.3) is 10.8 Å². The minimum atomic E-state index is -4.52. The molecule has 1 aliphatic rings. The topological polar surface area (TPSA) is 467 Å². The smallest absolute Gasteiger partial charge is 0.303 e. The van der Waals surface area contributed by atoms with Crippen LogP contribution in [0.4, 0.5) is 22.7 Å². The Morgan fingerprint density at radius 1 is 0.602 bits per heavy atom. The fourth-order valence-electron chi connectivity index (χ4n) is 12.1. The summed E-state index contributed by atoms with van der Waals surface area (Å²) in [5.74, 6) is -9.11. The van der Waals surface area contributed by atoms with Crippen molar-refractivity contribution in [3.8, 4) is 0 Å². The number of aliphatic hydroxyl groups excluding tert-OH is 1. The highest BCUT2D eigenvalue weighted by atomic mass is 32.2. The van der Waals surface area contributed by atoms with Crippen LogP contribution in [0, 0.1) is 11.3 Å². The Hall–Kier alpha value is -11.4. The fourth-order valence-corrected chi connectivity index (χ4v) is 12.8. The molecule has 0 aromatic heterocycles. The molecule has 6 aromatic rings. The lowest BCUT2D eigenvalue weighted by Gasteiger charge is -2.30. The van der Waals surface area contributed by atoms with Crippen LogP contribution in [0.3, 0.4) is 0 Å². The summed E-state index contributed by atoms with van der Waals surface area (Å²) < 4.78 is 34.0. The van der Waals surface area contributed by atoms with Crippen molar-refractivity contribution in [3.05, 3.63) is 162 Å². The van der Waals surface area contributed by atoms with Crippen molar-refractivity contribution in [3.63, 3.8) is 0 Å². The molecule has 0 radical (unpaired) electrons. The van der Waals surface area contributed by atoms with E-state index in [1.165, 1.54) is 41.3 Å². The van der Waals surface area contributed by atoms with Gasteiger partial charge < -0.3 is 78.9 Å². The first-order chi connectivity index (χ1) is 51.6. The van der Waals surface area contributed by atoms with Crippen LogP contribution in [0.2, 0.25) is 0 Å². The van der Waals surface area contributed by atoms with E-state index < -0.39 is 137 Å². The van der Waals surface area contributed by atoms with Crippen LogP contribution < -0.4 is 63.8 Å². The first-order valence-corrected chi connectivity index (χ1v) is 37.3. The van der Waals surface area contributed by atoms with E-state index in [2.05, 4.69) is 63.4 Å². The van der Waals surface area contributed by atoms with Crippen LogP contribution in [0.5, 0.6) is 0 Å². The summed E-state index contributed by atoms with van der Waals surface area (Å²) in [5.41, 5.74) is 9.31. The monoisotopic (exact) mass is 1510 g/mol. The van der Waals surface area contributed by atoms with Gasteiger partial charge in [-0.25, -0.2) is 0 Å². The van der Waals surface area contributed by atoms with Gasteiger partial charge in [-0.1, -0.05) is 112 Å². The summed E-state index contributed by atoms with van der Waals surface area (Å²) >= 11 is 0. The Labute approximate surface area is 627 Å². The summed E-state index contributed by atoms with van der Waals surface area (Å²) in [6.07, 6.45) is 0.513. The number of benzene rings is 6. The van der Waals surface area contributed by atoms with Crippen LogP contribution in [0.1, 0.15) is 106 Å². The second kappa shape index (κ2) is 41.5. The normalized spacial score (nSPS) is 14.7. The Bertz CT molecular complexity index is 4230. The van der Waals surface area contributed by atoms with E-state index in [1.54, 1.807) is 111 Å². The molecule has 1 fully saturated rings.